The van der Waals surface area contributed by atoms with E-state index in [-0.39, 0.29) is 23.3 Å². The predicted octanol–water partition coefficient (Wildman–Crippen LogP) is 4.56. The lowest BCUT2D eigenvalue weighted by Crippen LogP contribution is -2.25. The van der Waals surface area contributed by atoms with Crippen molar-refractivity contribution in [3.05, 3.63) is 52.8 Å². The molecule has 0 radical (unpaired) electrons. The number of fused-ring (bicyclic) bond motifs is 2. The van der Waals surface area contributed by atoms with Gasteiger partial charge in [-0.25, -0.2) is 9.97 Å². The number of benzene rings is 2. The topological polar surface area (TPSA) is 95.3 Å². The van der Waals surface area contributed by atoms with Crippen molar-refractivity contribution in [3.63, 3.8) is 0 Å². The van der Waals surface area contributed by atoms with Gasteiger partial charge in [0.05, 0.1) is 40.1 Å². The zero-order valence-electron chi connectivity index (χ0n) is 19.2. The van der Waals surface area contributed by atoms with E-state index in [9.17, 15) is 9.59 Å². The first kappa shape index (κ1) is 24.2. The molecule has 4 aromatic rings. The molecule has 0 saturated carbocycles. The number of rotatable bonds is 10. The van der Waals surface area contributed by atoms with Gasteiger partial charge in [-0.1, -0.05) is 35.2 Å². The fourth-order valence-corrected chi connectivity index (χ4v) is 5.10. The van der Waals surface area contributed by atoms with Crippen molar-refractivity contribution in [1.82, 2.24) is 14.5 Å². The Morgan fingerprint density at radius 1 is 1.18 bits per heavy atom. The Balaban J connectivity index is 1.48. The van der Waals surface area contributed by atoms with E-state index >= 15 is 0 Å². The molecule has 0 spiro atoms. The van der Waals surface area contributed by atoms with E-state index in [0.717, 1.165) is 16.0 Å². The highest BCUT2D eigenvalue weighted by Crippen LogP contribution is 2.29. The summed E-state index contributed by atoms with van der Waals surface area (Å²) in [6, 6.07) is 12.8. The fraction of sp³-hybridized carbons (Fsp3) is 0.333. The molecule has 34 heavy (non-hydrogen) atoms. The summed E-state index contributed by atoms with van der Waals surface area (Å²) >= 11 is 2.62. The summed E-state index contributed by atoms with van der Waals surface area (Å²) in [5, 5.41) is 4.44. The van der Waals surface area contributed by atoms with E-state index in [0.29, 0.717) is 40.8 Å². The van der Waals surface area contributed by atoms with Crippen molar-refractivity contribution < 1.29 is 14.3 Å². The van der Waals surface area contributed by atoms with Gasteiger partial charge in [0.25, 0.3) is 5.56 Å². The molecular weight excluding hydrogens is 472 g/mol. The van der Waals surface area contributed by atoms with Gasteiger partial charge in [0.15, 0.2) is 10.3 Å². The van der Waals surface area contributed by atoms with E-state index in [1.54, 1.807) is 17.7 Å². The Bertz CT molecular complexity index is 1370. The third-order valence-electron chi connectivity index (χ3n) is 4.98. The van der Waals surface area contributed by atoms with Crippen LogP contribution in [0.2, 0.25) is 0 Å². The van der Waals surface area contributed by atoms with Crippen molar-refractivity contribution in [2.75, 3.05) is 24.8 Å². The second-order valence-electron chi connectivity index (χ2n) is 7.83. The highest BCUT2D eigenvalue weighted by atomic mass is 32.2. The Morgan fingerprint density at radius 3 is 2.79 bits per heavy atom. The van der Waals surface area contributed by atoms with Crippen LogP contribution in [0.4, 0.5) is 5.13 Å². The normalized spacial score (nSPS) is 11.4. The minimum absolute atomic E-state index is 0.104. The largest absolute Gasteiger partial charge is 0.497 e. The van der Waals surface area contributed by atoms with Crippen molar-refractivity contribution in [3.8, 4) is 5.75 Å². The number of ether oxygens (including phenoxy) is 2. The maximum absolute atomic E-state index is 13.1. The molecule has 2 aromatic heterocycles. The number of para-hydroxylation sites is 1. The number of nitrogens with one attached hydrogen (secondary N) is 1. The Hall–Kier alpha value is -2.95. The van der Waals surface area contributed by atoms with Crippen LogP contribution < -0.4 is 15.6 Å². The number of carbonyl (C=O) groups is 1. The number of nitrogens with zero attached hydrogens (tertiary/aromatic N) is 3. The second kappa shape index (κ2) is 11.0. The van der Waals surface area contributed by atoms with Gasteiger partial charge in [-0.05, 0) is 50.6 Å². The fourth-order valence-electron chi connectivity index (χ4n) is 3.37. The van der Waals surface area contributed by atoms with Crippen LogP contribution in [0.5, 0.6) is 5.75 Å². The maximum atomic E-state index is 13.1. The van der Waals surface area contributed by atoms with E-state index in [1.807, 2.05) is 50.2 Å². The minimum Gasteiger partial charge on any atom is -0.497 e. The van der Waals surface area contributed by atoms with Crippen LogP contribution >= 0.6 is 23.1 Å². The summed E-state index contributed by atoms with van der Waals surface area (Å²) in [6.07, 6.45) is 0.806. The first-order valence-electron chi connectivity index (χ1n) is 10.9. The summed E-state index contributed by atoms with van der Waals surface area (Å²) in [5.74, 6) is 0.629. The molecule has 0 aliphatic carbocycles. The van der Waals surface area contributed by atoms with Gasteiger partial charge in [-0.15, -0.1) is 0 Å². The molecule has 0 aliphatic rings. The lowest BCUT2D eigenvalue weighted by Gasteiger charge is -2.13. The van der Waals surface area contributed by atoms with Crippen LogP contribution in [-0.4, -0.2) is 46.0 Å². The van der Waals surface area contributed by atoms with Crippen molar-refractivity contribution in [2.45, 2.75) is 38.1 Å². The third-order valence-corrected chi connectivity index (χ3v) is 6.89. The first-order chi connectivity index (χ1) is 16.4. The average Bonchev–Trinajstić information content (AvgIpc) is 3.22. The number of thiazole rings is 1. The standard InChI is InChI=1S/C24H26N4O4S2/c1-15(2)32-12-6-11-28-22(30)17-7-4-5-8-18(17)26-24(28)33-14-21(29)27-23-25-19-10-9-16(31-3)13-20(19)34-23/h4-5,7-10,13,15H,6,11-12,14H2,1-3H3,(H,25,27,29). The third kappa shape index (κ3) is 5.75. The van der Waals surface area contributed by atoms with E-state index in [2.05, 4.69) is 15.3 Å². The lowest BCUT2D eigenvalue weighted by atomic mass is 10.2. The maximum Gasteiger partial charge on any atom is 0.262 e. The van der Waals surface area contributed by atoms with Crippen LogP contribution in [0.25, 0.3) is 21.1 Å². The Kier molecular flexibility index (Phi) is 7.81. The Labute approximate surface area is 205 Å². The van der Waals surface area contributed by atoms with Gasteiger partial charge in [-0.2, -0.15) is 0 Å². The molecule has 1 amide bonds. The lowest BCUT2D eigenvalue weighted by molar-refractivity contribution is -0.113. The summed E-state index contributed by atoms with van der Waals surface area (Å²) in [5.41, 5.74) is 1.30. The van der Waals surface area contributed by atoms with Crippen LogP contribution in [0, 0.1) is 0 Å². The number of amides is 1. The molecule has 8 nitrogen and oxygen atoms in total. The summed E-state index contributed by atoms with van der Waals surface area (Å²) < 4.78 is 13.4. The van der Waals surface area contributed by atoms with Crippen molar-refractivity contribution >= 4 is 55.3 Å². The van der Waals surface area contributed by atoms with Gasteiger partial charge in [0.1, 0.15) is 5.75 Å². The van der Waals surface area contributed by atoms with Crippen LogP contribution in [0.1, 0.15) is 20.3 Å². The number of thioether (sulfide) groups is 1. The summed E-state index contributed by atoms with van der Waals surface area (Å²) in [4.78, 5) is 34.9. The molecule has 2 aromatic carbocycles. The first-order valence-corrected chi connectivity index (χ1v) is 12.7. The molecule has 178 valence electrons. The number of hydrogen-bond acceptors (Lipinski definition) is 8. The SMILES string of the molecule is COc1ccc2nc(NC(=O)CSc3nc4ccccc4c(=O)n3CCCOC(C)C)sc2c1. The van der Waals surface area contributed by atoms with E-state index in [4.69, 9.17) is 9.47 Å². The second-order valence-corrected chi connectivity index (χ2v) is 9.80. The van der Waals surface area contributed by atoms with Crippen molar-refractivity contribution in [2.24, 2.45) is 0 Å². The smallest absolute Gasteiger partial charge is 0.262 e. The van der Waals surface area contributed by atoms with Crippen LogP contribution in [0.15, 0.2) is 52.4 Å². The molecule has 0 aliphatic heterocycles. The Morgan fingerprint density at radius 2 is 2.00 bits per heavy atom. The summed E-state index contributed by atoms with van der Waals surface area (Å²) in [6.45, 7) is 4.97. The number of anilines is 1. The monoisotopic (exact) mass is 498 g/mol. The van der Waals surface area contributed by atoms with E-state index < -0.39 is 0 Å². The molecule has 4 rings (SSSR count). The van der Waals surface area contributed by atoms with Crippen LogP contribution in [0.3, 0.4) is 0 Å². The number of aromatic nitrogens is 3. The molecule has 0 saturated heterocycles. The van der Waals surface area contributed by atoms with Crippen molar-refractivity contribution in [1.29, 1.82) is 0 Å². The van der Waals surface area contributed by atoms with Gasteiger partial charge < -0.3 is 14.8 Å². The molecule has 0 unspecified atom stereocenters. The highest BCUT2D eigenvalue weighted by molar-refractivity contribution is 7.99. The van der Waals surface area contributed by atoms with Gasteiger partial charge in [-0.3, -0.25) is 14.2 Å². The number of hydrogen-bond donors (Lipinski definition) is 1. The molecule has 10 heteroatoms. The molecular formula is C24H26N4O4S2. The number of carbonyl (C=O) groups excluding carboxylic acids is 1. The highest BCUT2D eigenvalue weighted by Gasteiger charge is 2.15. The van der Waals surface area contributed by atoms with Gasteiger partial charge in [0.2, 0.25) is 5.91 Å². The van der Waals surface area contributed by atoms with Gasteiger partial charge in [0, 0.05) is 13.2 Å². The molecule has 0 bridgehead atoms. The number of methoxy groups -OCH3 is 1. The molecule has 0 atom stereocenters. The van der Waals surface area contributed by atoms with Gasteiger partial charge >= 0.3 is 0 Å². The van der Waals surface area contributed by atoms with Crippen LogP contribution in [-0.2, 0) is 16.1 Å². The predicted molar refractivity (Wildman–Crippen MR) is 137 cm³/mol. The zero-order chi connectivity index (χ0) is 24.1. The zero-order valence-corrected chi connectivity index (χ0v) is 20.9. The quantitative estimate of drug-likeness (QED) is 0.195. The molecule has 1 N–H and O–H groups in total. The average molecular weight is 499 g/mol. The minimum atomic E-state index is -0.215. The molecule has 0 fully saturated rings. The molecule has 2 heterocycles. The summed E-state index contributed by atoms with van der Waals surface area (Å²) in [7, 11) is 1.61. The van der Waals surface area contributed by atoms with E-state index in [1.165, 1.54) is 23.1 Å².